The molecule has 0 aliphatic rings. The summed E-state index contributed by atoms with van der Waals surface area (Å²) in [7, 11) is 1.24. The molecule has 0 spiro atoms. The van der Waals surface area contributed by atoms with Crippen LogP contribution < -0.4 is 5.32 Å². The van der Waals surface area contributed by atoms with Crippen LogP contribution in [0, 0.1) is 5.92 Å². The number of hydrogen-bond acceptors (Lipinski definition) is 5. The number of hydrogen-bond donors (Lipinski definition) is 3. The number of amides is 1. The Labute approximate surface area is 113 Å². The zero-order valence-corrected chi connectivity index (χ0v) is 11.9. The lowest BCUT2D eigenvalue weighted by molar-refractivity contribution is -0.142. The summed E-state index contributed by atoms with van der Waals surface area (Å²) in [6, 6.07) is -0.599. The molecule has 0 aliphatic carbocycles. The van der Waals surface area contributed by atoms with Gasteiger partial charge in [-0.25, -0.2) is 4.79 Å². The topological polar surface area (TPSA) is 99.1 Å². The smallest absolute Gasteiger partial charge is 0.407 e. The summed E-state index contributed by atoms with van der Waals surface area (Å²) in [5.74, 6) is -1.09. The number of aliphatic hydroxyl groups excluding tert-OH is 1. The molecule has 3 N–H and O–H groups in total. The molecule has 0 fully saturated rings. The molecule has 0 aromatic carbocycles. The molecule has 0 aliphatic heterocycles. The van der Waals surface area contributed by atoms with Crippen molar-refractivity contribution in [3.05, 3.63) is 0 Å². The highest BCUT2D eigenvalue weighted by Gasteiger charge is 2.30. The van der Waals surface area contributed by atoms with Crippen LogP contribution in [0.2, 0.25) is 0 Å². The molecule has 0 saturated heterocycles. The first kappa shape index (κ1) is 17.7. The van der Waals surface area contributed by atoms with Crippen LogP contribution in [0.4, 0.5) is 4.79 Å². The van der Waals surface area contributed by atoms with E-state index in [1.165, 1.54) is 12.0 Å². The average molecular weight is 276 g/mol. The lowest BCUT2D eigenvalue weighted by Gasteiger charge is -2.34. The van der Waals surface area contributed by atoms with Crippen molar-refractivity contribution in [3.63, 3.8) is 0 Å². The Morgan fingerprint density at radius 2 is 1.95 bits per heavy atom. The van der Waals surface area contributed by atoms with Gasteiger partial charge in [0.05, 0.1) is 19.7 Å². The van der Waals surface area contributed by atoms with Crippen LogP contribution in [0.25, 0.3) is 0 Å². The van der Waals surface area contributed by atoms with E-state index in [0.29, 0.717) is 13.0 Å². The highest BCUT2D eigenvalue weighted by molar-refractivity contribution is 5.69. The molecule has 112 valence electrons. The highest BCUT2D eigenvalue weighted by atomic mass is 16.5. The van der Waals surface area contributed by atoms with Gasteiger partial charge in [0.25, 0.3) is 0 Å². The number of ether oxygens (including phenoxy) is 1. The number of nitrogens with zero attached hydrogens (tertiary/aromatic N) is 1. The van der Waals surface area contributed by atoms with Crippen LogP contribution in [0.5, 0.6) is 0 Å². The Bertz CT molecular complexity index is 296. The third-order valence-electron chi connectivity index (χ3n) is 2.73. The van der Waals surface area contributed by atoms with Gasteiger partial charge >= 0.3 is 12.1 Å². The van der Waals surface area contributed by atoms with Gasteiger partial charge in [0.2, 0.25) is 0 Å². The Morgan fingerprint density at radius 1 is 1.37 bits per heavy atom. The van der Waals surface area contributed by atoms with Crippen LogP contribution in [-0.2, 0) is 9.53 Å². The van der Waals surface area contributed by atoms with Crippen molar-refractivity contribution < 1.29 is 24.5 Å². The van der Waals surface area contributed by atoms with Crippen LogP contribution in [0.1, 0.15) is 27.2 Å². The number of carboxylic acids is 1. The summed E-state index contributed by atoms with van der Waals surface area (Å²) in [6.45, 7) is 5.70. The van der Waals surface area contributed by atoms with Gasteiger partial charge in [0.15, 0.2) is 0 Å². The number of aliphatic carboxylic acids is 1. The molecule has 0 rings (SSSR count). The third kappa shape index (κ3) is 6.40. The Kier molecular flexibility index (Phi) is 8.09. The van der Waals surface area contributed by atoms with Crippen molar-refractivity contribution in [1.82, 2.24) is 10.2 Å². The second-order valence-electron chi connectivity index (χ2n) is 4.68. The summed E-state index contributed by atoms with van der Waals surface area (Å²) in [6.07, 6.45) is -1.02. The number of methoxy groups -OCH3 is 1. The van der Waals surface area contributed by atoms with Crippen molar-refractivity contribution >= 4 is 12.1 Å². The molecule has 1 amide bonds. The molecule has 7 nitrogen and oxygen atoms in total. The van der Waals surface area contributed by atoms with E-state index in [1.807, 2.05) is 20.8 Å². The van der Waals surface area contributed by atoms with E-state index in [-0.39, 0.29) is 12.5 Å². The average Bonchev–Trinajstić information content (AvgIpc) is 2.33. The lowest BCUT2D eigenvalue weighted by atomic mass is 10.0. The number of carboxylic acid groups (broad SMARTS) is 1. The van der Waals surface area contributed by atoms with E-state index in [0.717, 1.165) is 0 Å². The number of carbonyl (C=O) groups is 2. The highest BCUT2D eigenvalue weighted by Crippen LogP contribution is 2.12. The van der Waals surface area contributed by atoms with Crippen molar-refractivity contribution in [2.75, 3.05) is 20.2 Å². The molecular formula is C12H24N2O5. The van der Waals surface area contributed by atoms with E-state index in [2.05, 4.69) is 10.1 Å². The van der Waals surface area contributed by atoms with Gasteiger partial charge in [0.1, 0.15) is 6.23 Å². The first-order valence-corrected chi connectivity index (χ1v) is 6.31. The fourth-order valence-corrected chi connectivity index (χ4v) is 1.77. The van der Waals surface area contributed by atoms with E-state index < -0.39 is 24.3 Å². The Morgan fingerprint density at radius 3 is 2.32 bits per heavy atom. The Hall–Kier alpha value is -1.34. The number of rotatable bonds is 8. The SMILES string of the molecule is CCCN(CC(=O)O)C(O)C(NC(=O)OC)C(C)C. The summed E-state index contributed by atoms with van der Waals surface area (Å²) in [5, 5.41) is 21.6. The van der Waals surface area contributed by atoms with Gasteiger partial charge in [0, 0.05) is 6.54 Å². The molecule has 2 atom stereocenters. The quantitative estimate of drug-likeness (QED) is 0.558. The minimum Gasteiger partial charge on any atom is -0.480 e. The van der Waals surface area contributed by atoms with Gasteiger partial charge in [-0.1, -0.05) is 20.8 Å². The first-order chi connectivity index (χ1) is 8.83. The number of carbonyl (C=O) groups excluding carboxylic acids is 1. The maximum Gasteiger partial charge on any atom is 0.407 e. The predicted octanol–water partition coefficient (Wildman–Crippen LogP) is 0.482. The summed E-state index contributed by atoms with van der Waals surface area (Å²) < 4.78 is 4.51. The van der Waals surface area contributed by atoms with E-state index in [9.17, 15) is 14.7 Å². The molecule has 0 aromatic heterocycles. The van der Waals surface area contributed by atoms with Crippen LogP contribution in [0.3, 0.4) is 0 Å². The fraction of sp³-hybridized carbons (Fsp3) is 0.833. The van der Waals surface area contributed by atoms with Crippen LogP contribution >= 0.6 is 0 Å². The van der Waals surface area contributed by atoms with E-state index in [4.69, 9.17) is 5.11 Å². The fourth-order valence-electron chi connectivity index (χ4n) is 1.77. The maximum atomic E-state index is 11.3. The van der Waals surface area contributed by atoms with Gasteiger partial charge in [-0.15, -0.1) is 0 Å². The third-order valence-corrected chi connectivity index (χ3v) is 2.73. The van der Waals surface area contributed by atoms with Crippen LogP contribution in [0.15, 0.2) is 0 Å². The van der Waals surface area contributed by atoms with Crippen LogP contribution in [-0.4, -0.2) is 59.6 Å². The first-order valence-electron chi connectivity index (χ1n) is 6.31. The summed E-state index contributed by atoms with van der Waals surface area (Å²) in [4.78, 5) is 23.5. The molecular weight excluding hydrogens is 252 g/mol. The largest absolute Gasteiger partial charge is 0.480 e. The summed E-state index contributed by atoms with van der Waals surface area (Å²) in [5.41, 5.74) is 0. The molecule has 0 heterocycles. The molecule has 0 aromatic rings. The zero-order chi connectivity index (χ0) is 15.0. The molecule has 7 heteroatoms. The number of nitrogens with one attached hydrogen (secondary N) is 1. The van der Waals surface area contributed by atoms with Crippen molar-refractivity contribution in [2.24, 2.45) is 5.92 Å². The zero-order valence-electron chi connectivity index (χ0n) is 11.9. The number of aliphatic hydroxyl groups is 1. The van der Waals surface area contributed by atoms with Crippen molar-refractivity contribution in [2.45, 2.75) is 39.5 Å². The monoisotopic (exact) mass is 276 g/mol. The molecule has 0 radical (unpaired) electrons. The van der Waals surface area contributed by atoms with Crippen molar-refractivity contribution in [1.29, 1.82) is 0 Å². The number of alkyl carbamates (subject to hydrolysis) is 1. The van der Waals surface area contributed by atoms with E-state index in [1.54, 1.807) is 0 Å². The molecule has 19 heavy (non-hydrogen) atoms. The van der Waals surface area contributed by atoms with Gasteiger partial charge < -0.3 is 20.3 Å². The summed E-state index contributed by atoms with van der Waals surface area (Å²) >= 11 is 0. The van der Waals surface area contributed by atoms with Gasteiger partial charge in [-0.3, -0.25) is 9.69 Å². The minimum absolute atomic E-state index is 0.0674. The normalized spacial score (nSPS) is 14.3. The Balaban J connectivity index is 4.85. The predicted molar refractivity (Wildman–Crippen MR) is 69.7 cm³/mol. The molecule has 2 unspecified atom stereocenters. The maximum absolute atomic E-state index is 11.3. The van der Waals surface area contributed by atoms with E-state index >= 15 is 0 Å². The minimum atomic E-state index is -1.07. The molecule has 0 bridgehead atoms. The second kappa shape index (κ2) is 8.71. The van der Waals surface area contributed by atoms with Crippen molar-refractivity contribution in [3.8, 4) is 0 Å². The van der Waals surface area contributed by atoms with Gasteiger partial charge in [-0.05, 0) is 12.3 Å². The second-order valence-corrected chi connectivity index (χ2v) is 4.68. The molecule has 0 saturated carbocycles. The van der Waals surface area contributed by atoms with Gasteiger partial charge in [-0.2, -0.15) is 0 Å². The standard InChI is InChI=1S/C12H24N2O5/c1-5-6-14(7-9(15)16)11(17)10(8(2)3)13-12(18)19-4/h8,10-11,17H,5-7H2,1-4H3,(H,13,18)(H,15,16). The lowest BCUT2D eigenvalue weighted by Crippen LogP contribution is -2.55.